The first kappa shape index (κ1) is 23.8. The Morgan fingerprint density at radius 1 is 1.26 bits per heavy atom. The number of pyridine rings is 3. The van der Waals surface area contributed by atoms with E-state index in [4.69, 9.17) is 4.74 Å². The zero-order valence-electron chi connectivity index (χ0n) is 19.3. The van der Waals surface area contributed by atoms with E-state index in [2.05, 4.69) is 25.6 Å². The maximum atomic E-state index is 14.7. The van der Waals surface area contributed by atoms with E-state index in [0.717, 1.165) is 10.6 Å². The maximum Gasteiger partial charge on any atom is 0.235 e. The molecule has 2 aliphatic rings. The Hall–Kier alpha value is -2.89. The van der Waals surface area contributed by atoms with E-state index in [1.54, 1.807) is 12.1 Å². The lowest BCUT2D eigenvalue weighted by molar-refractivity contribution is -0.113. The molecule has 3 aromatic heterocycles. The van der Waals surface area contributed by atoms with Crippen LogP contribution in [0.5, 0.6) is 5.88 Å². The molecule has 0 aromatic carbocycles. The number of fused-ring (bicyclic) bond motifs is 2. The number of likely N-dealkylation sites (tertiary alicyclic amines) is 1. The molecule has 2 N–H and O–H groups in total. The fourth-order valence-electron chi connectivity index (χ4n) is 4.48. The summed E-state index contributed by atoms with van der Waals surface area (Å²) in [6, 6.07) is 7.31. The quantitative estimate of drug-likeness (QED) is 0.488. The summed E-state index contributed by atoms with van der Waals surface area (Å²) in [5.41, 5.74) is 2.34. The number of amides is 1. The number of thioether (sulfide) groups is 1. The molecular weight excluding hydrogens is 474 g/mol. The molecule has 8 nitrogen and oxygen atoms in total. The molecule has 11 heteroatoms. The lowest BCUT2D eigenvalue weighted by atomic mass is 10.1. The van der Waals surface area contributed by atoms with Crippen LogP contribution in [-0.4, -0.2) is 71.0 Å². The van der Waals surface area contributed by atoms with Crippen molar-refractivity contribution in [3.63, 3.8) is 0 Å². The SMILES string of the molecule is COc1ccc2ncc(F)c(CCN3C[C@H](CNCc4ccc5c(n4)NC(=O)CS5)[C@@H](F)C3)c2n1. The average molecular weight is 501 g/mol. The van der Waals surface area contributed by atoms with E-state index in [-0.39, 0.29) is 11.8 Å². The van der Waals surface area contributed by atoms with Crippen LogP contribution in [-0.2, 0) is 17.8 Å². The molecule has 184 valence electrons. The molecule has 5 heterocycles. The second kappa shape index (κ2) is 10.4. The van der Waals surface area contributed by atoms with Crippen molar-refractivity contribution in [3.8, 4) is 5.88 Å². The molecule has 5 rings (SSSR count). The zero-order chi connectivity index (χ0) is 24.4. The number of carbonyl (C=O) groups is 1. The average Bonchev–Trinajstić information content (AvgIpc) is 3.21. The van der Waals surface area contributed by atoms with Crippen LogP contribution < -0.4 is 15.4 Å². The number of rotatable bonds is 8. The first-order valence-corrected chi connectivity index (χ1v) is 12.5. The lowest BCUT2D eigenvalue weighted by Crippen LogP contribution is -2.29. The Morgan fingerprint density at radius 3 is 3.00 bits per heavy atom. The third kappa shape index (κ3) is 5.36. The summed E-state index contributed by atoms with van der Waals surface area (Å²) < 4.78 is 34.5. The van der Waals surface area contributed by atoms with Crippen LogP contribution in [0.15, 0.2) is 35.4 Å². The van der Waals surface area contributed by atoms with Gasteiger partial charge in [0.05, 0.1) is 40.7 Å². The summed E-state index contributed by atoms with van der Waals surface area (Å²) in [7, 11) is 1.51. The highest BCUT2D eigenvalue weighted by atomic mass is 32.2. The summed E-state index contributed by atoms with van der Waals surface area (Å²) in [6.07, 6.45) is 0.645. The Kier molecular flexibility index (Phi) is 7.07. The number of halogens is 2. The van der Waals surface area contributed by atoms with Gasteiger partial charge in [-0.15, -0.1) is 11.8 Å². The van der Waals surface area contributed by atoms with Crippen molar-refractivity contribution in [3.05, 3.63) is 47.5 Å². The summed E-state index contributed by atoms with van der Waals surface area (Å²) in [4.78, 5) is 27.5. The molecule has 35 heavy (non-hydrogen) atoms. The highest BCUT2D eigenvalue weighted by Gasteiger charge is 2.32. The summed E-state index contributed by atoms with van der Waals surface area (Å²) >= 11 is 1.47. The van der Waals surface area contributed by atoms with Crippen molar-refractivity contribution < 1.29 is 18.3 Å². The molecule has 3 aromatic rings. The van der Waals surface area contributed by atoms with Crippen LogP contribution in [0.2, 0.25) is 0 Å². The van der Waals surface area contributed by atoms with Gasteiger partial charge in [0.15, 0.2) is 0 Å². The summed E-state index contributed by atoms with van der Waals surface area (Å²) in [5, 5.41) is 6.08. The normalized spacial score (nSPS) is 20.1. The fourth-order valence-corrected chi connectivity index (χ4v) is 5.23. The van der Waals surface area contributed by atoms with Gasteiger partial charge in [0.25, 0.3) is 0 Å². The fraction of sp³-hybridized carbons (Fsp3) is 0.417. The smallest absolute Gasteiger partial charge is 0.235 e. The van der Waals surface area contributed by atoms with E-state index >= 15 is 0 Å². The van der Waals surface area contributed by atoms with Crippen molar-refractivity contribution in [2.24, 2.45) is 5.92 Å². The van der Waals surface area contributed by atoms with Gasteiger partial charge in [-0.2, -0.15) is 0 Å². The van der Waals surface area contributed by atoms with Gasteiger partial charge >= 0.3 is 0 Å². The second-order valence-electron chi connectivity index (χ2n) is 8.71. The van der Waals surface area contributed by atoms with Gasteiger partial charge in [-0.3, -0.25) is 14.7 Å². The van der Waals surface area contributed by atoms with Gasteiger partial charge in [0.1, 0.15) is 17.8 Å². The molecular formula is C24H26F2N6O2S. The number of hydrogen-bond acceptors (Lipinski definition) is 8. The number of alkyl halides is 1. The van der Waals surface area contributed by atoms with Crippen molar-refractivity contribution in [2.45, 2.75) is 24.0 Å². The van der Waals surface area contributed by atoms with E-state index < -0.39 is 12.0 Å². The lowest BCUT2D eigenvalue weighted by Gasteiger charge is -2.17. The monoisotopic (exact) mass is 500 g/mol. The minimum Gasteiger partial charge on any atom is -0.481 e. The largest absolute Gasteiger partial charge is 0.481 e. The minimum atomic E-state index is -0.966. The third-order valence-electron chi connectivity index (χ3n) is 6.31. The Morgan fingerprint density at radius 2 is 2.14 bits per heavy atom. The standard InChI is InChI=1S/C24H26F2N6O2S/c1-34-22-5-3-19-23(31-22)16(17(25)10-28-19)6-7-32-11-14(18(26)12-32)8-27-9-15-2-4-20-24(29-15)30-21(33)13-35-20/h2-5,10,14,18,27H,6-9,11-13H2,1H3,(H,29,30,33)/t14-,18-/m0/s1. The molecule has 0 spiro atoms. The predicted octanol–water partition coefficient (Wildman–Crippen LogP) is 2.82. The maximum absolute atomic E-state index is 14.7. The van der Waals surface area contributed by atoms with Gasteiger partial charge in [0.2, 0.25) is 11.8 Å². The van der Waals surface area contributed by atoms with Crippen LogP contribution in [0.25, 0.3) is 11.0 Å². The first-order valence-electron chi connectivity index (χ1n) is 11.5. The van der Waals surface area contributed by atoms with Gasteiger partial charge in [-0.1, -0.05) is 0 Å². The van der Waals surface area contributed by atoms with Crippen LogP contribution in [0.1, 0.15) is 11.3 Å². The minimum absolute atomic E-state index is 0.0546. The number of nitrogens with one attached hydrogen (secondary N) is 2. The molecule has 2 atom stereocenters. The number of ether oxygens (including phenoxy) is 1. The van der Waals surface area contributed by atoms with E-state index in [9.17, 15) is 13.6 Å². The molecule has 1 fully saturated rings. The Balaban J connectivity index is 1.15. The zero-order valence-corrected chi connectivity index (χ0v) is 20.1. The molecule has 0 aliphatic carbocycles. The Labute approximate surface area is 205 Å². The van der Waals surface area contributed by atoms with Crippen LogP contribution in [0.4, 0.5) is 14.6 Å². The van der Waals surface area contributed by atoms with Crippen molar-refractivity contribution in [1.29, 1.82) is 0 Å². The van der Waals surface area contributed by atoms with Crippen molar-refractivity contribution in [2.75, 3.05) is 44.4 Å². The topological polar surface area (TPSA) is 92.3 Å². The summed E-state index contributed by atoms with van der Waals surface area (Å²) in [6.45, 7) is 2.41. The van der Waals surface area contributed by atoms with E-state index in [0.29, 0.717) is 73.2 Å². The van der Waals surface area contributed by atoms with Gasteiger partial charge < -0.3 is 15.4 Å². The highest BCUT2D eigenvalue weighted by molar-refractivity contribution is 8.00. The number of aromatic nitrogens is 3. The number of carbonyl (C=O) groups excluding carboxylic acids is 1. The molecule has 0 saturated carbocycles. The first-order chi connectivity index (χ1) is 17.0. The van der Waals surface area contributed by atoms with Crippen LogP contribution in [0, 0.1) is 11.7 Å². The second-order valence-corrected chi connectivity index (χ2v) is 9.73. The molecule has 2 aliphatic heterocycles. The van der Waals surface area contributed by atoms with Gasteiger partial charge in [-0.05, 0) is 24.6 Å². The molecule has 0 unspecified atom stereocenters. The van der Waals surface area contributed by atoms with E-state index in [1.807, 2.05) is 17.0 Å². The molecule has 0 bridgehead atoms. The molecule has 1 amide bonds. The van der Waals surface area contributed by atoms with Crippen LogP contribution in [0.3, 0.4) is 0 Å². The highest BCUT2D eigenvalue weighted by Crippen LogP contribution is 2.30. The van der Waals surface area contributed by atoms with Crippen LogP contribution >= 0.6 is 11.8 Å². The third-order valence-corrected chi connectivity index (χ3v) is 7.36. The number of hydrogen-bond donors (Lipinski definition) is 2. The molecule has 0 radical (unpaired) electrons. The van der Waals surface area contributed by atoms with Crippen molar-refractivity contribution in [1.82, 2.24) is 25.2 Å². The van der Waals surface area contributed by atoms with Gasteiger partial charge in [-0.25, -0.2) is 18.7 Å². The number of methoxy groups -OCH3 is 1. The Bertz CT molecular complexity index is 1250. The predicted molar refractivity (Wildman–Crippen MR) is 130 cm³/mol. The molecule has 1 saturated heterocycles. The van der Waals surface area contributed by atoms with Crippen molar-refractivity contribution >= 4 is 34.5 Å². The van der Waals surface area contributed by atoms with E-state index in [1.165, 1.54) is 25.1 Å². The number of nitrogens with zero attached hydrogens (tertiary/aromatic N) is 4. The summed E-state index contributed by atoms with van der Waals surface area (Å²) in [5.74, 6) is 0.748. The number of anilines is 1. The van der Waals surface area contributed by atoms with Gasteiger partial charge in [0, 0.05) is 50.3 Å².